The van der Waals surface area contributed by atoms with Gasteiger partial charge in [-0.05, 0) is 144 Å². The average Bonchev–Trinajstić information content (AvgIpc) is 3.57. The summed E-state index contributed by atoms with van der Waals surface area (Å²) >= 11 is 0. The van der Waals surface area contributed by atoms with Gasteiger partial charge in [-0.2, -0.15) is 0 Å². The van der Waals surface area contributed by atoms with Crippen molar-refractivity contribution in [3.05, 3.63) is 101 Å². The number of aliphatic hydroxyl groups excluding tert-OH is 1. The Labute approximate surface area is 367 Å². The van der Waals surface area contributed by atoms with E-state index >= 15 is 0 Å². The fraction of sp³-hybridized carbons (Fsp3) is 0.593. The van der Waals surface area contributed by atoms with Gasteiger partial charge in [0.2, 0.25) is 0 Å². The molecule has 1 amide bonds. The summed E-state index contributed by atoms with van der Waals surface area (Å²) in [6.45, 7) is 18.8. The molecule has 0 aliphatic heterocycles. The Bertz CT molecular complexity index is 1980. The largest absolute Gasteiger partial charge is 0.449 e. The summed E-state index contributed by atoms with van der Waals surface area (Å²) < 4.78 is 10.4. The number of rotatable bonds is 8. The van der Waals surface area contributed by atoms with Gasteiger partial charge in [0.25, 0.3) is 0 Å². The van der Waals surface area contributed by atoms with Gasteiger partial charge < -0.3 is 25.0 Å². The SMILES string of the molecule is CCC(C)(O)CO.CCC1(NC(=O)OCC2c3ccccc3-c3ccccc32)CC[C@]2(C)C(CCC3C4(C)CC=C(c5ccc(C=O)cc5)C(C)(C)C4CCC32C)C1.COC. The number of hydrogen-bond donors (Lipinski definition) is 3. The normalized spacial score (nSPS) is 31.6. The first-order chi connectivity index (χ1) is 28.9. The lowest BCUT2D eigenvalue weighted by Gasteiger charge is -2.71. The first-order valence-electron chi connectivity index (χ1n) is 23.1. The minimum atomic E-state index is -0.861. The van der Waals surface area contributed by atoms with E-state index in [0.29, 0.717) is 30.8 Å². The highest BCUT2D eigenvalue weighted by Gasteiger charge is 2.67. The molecule has 0 bridgehead atoms. The highest BCUT2D eigenvalue weighted by Crippen LogP contribution is 2.74. The number of carbonyl (C=O) groups excluding carboxylic acids is 2. The maximum absolute atomic E-state index is 13.7. The van der Waals surface area contributed by atoms with Gasteiger partial charge in [-0.15, -0.1) is 0 Å². The van der Waals surface area contributed by atoms with E-state index in [0.717, 1.165) is 44.0 Å². The molecule has 0 heterocycles. The molecule has 7 unspecified atom stereocenters. The number of ether oxygens (including phenoxy) is 2. The van der Waals surface area contributed by atoms with Crippen molar-refractivity contribution in [2.75, 3.05) is 27.4 Å². The number of hydrogen-bond acceptors (Lipinski definition) is 6. The molecule has 7 heteroatoms. The molecular weight excluding hydrogens is 759 g/mol. The van der Waals surface area contributed by atoms with E-state index in [2.05, 4.69) is 118 Å². The molecule has 5 aliphatic rings. The van der Waals surface area contributed by atoms with Crippen LogP contribution in [0.3, 0.4) is 0 Å². The summed E-state index contributed by atoms with van der Waals surface area (Å²) in [5.41, 5.74) is 8.20. The zero-order chi connectivity index (χ0) is 44.4. The van der Waals surface area contributed by atoms with Gasteiger partial charge in [-0.1, -0.05) is 127 Å². The van der Waals surface area contributed by atoms with E-state index in [1.54, 1.807) is 21.1 Å². The number of fused-ring (bicyclic) bond motifs is 8. The van der Waals surface area contributed by atoms with Crippen LogP contribution in [-0.4, -0.2) is 61.2 Å². The molecular formula is C54H75NO6. The molecule has 5 aliphatic carbocycles. The van der Waals surface area contributed by atoms with E-state index < -0.39 is 5.60 Å². The molecule has 3 N–H and O–H groups in total. The lowest BCUT2D eigenvalue weighted by atomic mass is 9.34. The van der Waals surface area contributed by atoms with Gasteiger partial charge in [0, 0.05) is 31.2 Å². The van der Waals surface area contributed by atoms with E-state index in [4.69, 9.17) is 14.9 Å². The number of amides is 1. The molecule has 0 radical (unpaired) electrons. The first-order valence-corrected chi connectivity index (χ1v) is 23.1. The second kappa shape index (κ2) is 18.1. The number of alkyl carbamates (subject to hydrolysis) is 1. The Morgan fingerprint density at radius 3 is 1.98 bits per heavy atom. The molecule has 0 spiro atoms. The van der Waals surface area contributed by atoms with Crippen LogP contribution in [0.5, 0.6) is 0 Å². The van der Waals surface area contributed by atoms with Crippen molar-refractivity contribution in [1.29, 1.82) is 0 Å². The summed E-state index contributed by atoms with van der Waals surface area (Å²) in [5, 5.41) is 20.7. The molecule has 0 saturated heterocycles. The Kier molecular flexibility index (Phi) is 13.9. The summed E-state index contributed by atoms with van der Waals surface area (Å²) in [4.78, 5) is 25.0. The van der Waals surface area contributed by atoms with Crippen LogP contribution >= 0.6 is 0 Å². The van der Waals surface area contributed by atoms with Crippen LogP contribution in [0, 0.1) is 39.4 Å². The van der Waals surface area contributed by atoms with Crippen LogP contribution in [-0.2, 0) is 9.47 Å². The van der Waals surface area contributed by atoms with Gasteiger partial charge in [-0.3, -0.25) is 4.79 Å². The highest BCUT2D eigenvalue weighted by atomic mass is 16.5. The molecule has 332 valence electrons. The molecule has 0 aromatic heterocycles. The third-order valence-electron chi connectivity index (χ3n) is 17.2. The molecule has 3 aromatic rings. The van der Waals surface area contributed by atoms with Gasteiger partial charge in [-0.25, -0.2) is 4.79 Å². The lowest BCUT2D eigenvalue weighted by molar-refractivity contribution is -0.205. The van der Waals surface area contributed by atoms with E-state index in [-0.39, 0.29) is 45.8 Å². The van der Waals surface area contributed by atoms with Crippen LogP contribution in [0.15, 0.2) is 78.9 Å². The maximum Gasteiger partial charge on any atom is 0.407 e. The van der Waals surface area contributed by atoms with Crippen molar-refractivity contribution in [1.82, 2.24) is 5.32 Å². The summed E-state index contributed by atoms with van der Waals surface area (Å²) in [7, 11) is 3.25. The zero-order valence-corrected chi connectivity index (χ0v) is 38.9. The number of methoxy groups -OCH3 is 1. The molecule has 7 nitrogen and oxygen atoms in total. The first kappa shape index (κ1) is 46.7. The standard InChI is InChI=1S/C47H57NO3.C5H12O2.C2H6O/c1-7-47(48-42(50)51-30-38-36-14-10-8-12-34(36)35-13-9-11-15-37(35)38)27-26-45(5)33(28-47)20-21-41-44(4)24-22-39(32-18-16-31(29-49)17-19-32)43(2,3)40(44)23-25-46(41,45)6;1-3-5(2,7)4-6;1-3-2/h8-19,22,29,33,38,40-41H,7,20-21,23-28,30H2,1-6H3,(H,48,50);6-7H,3-4H2,1-2H3;1-2H3/t33?,40?,41?,44?,45-,46?,47?;;/m1../s1. The molecule has 3 saturated carbocycles. The van der Waals surface area contributed by atoms with Crippen molar-refractivity contribution in [2.45, 2.75) is 137 Å². The Morgan fingerprint density at radius 1 is 0.836 bits per heavy atom. The van der Waals surface area contributed by atoms with Crippen molar-refractivity contribution >= 4 is 18.0 Å². The number of nitrogens with one attached hydrogen (secondary N) is 1. The van der Waals surface area contributed by atoms with Gasteiger partial charge in [0.1, 0.15) is 12.9 Å². The summed E-state index contributed by atoms with van der Waals surface area (Å²) in [6.07, 6.45) is 14.1. The number of aliphatic hydroxyl groups is 2. The molecule has 8 rings (SSSR count). The van der Waals surface area contributed by atoms with Crippen molar-refractivity contribution in [3.63, 3.8) is 0 Å². The quantitative estimate of drug-likeness (QED) is 0.195. The molecule has 3 aromatic carbocycles. The van der Waals surface area contributed by atoms with Crippen molar-refractivity contribution < 1.29 is 29.3 Å². The third-order valence-corrected chi connectivity index (χ3v) is 17.2. The van der Waals surface area contributed by atoms with Crippen LogP contribution in [0.2, 0.25) is 0 Å². The molecule has 61 heavy (non-hydrogen) atoms. The van der Waals surface area contributed by atoms with Gasteiger partial charge in [0.15, 0.2) is 0 Å². The smallest absolute Gasteiger partial charge is 0.407 e. The minimum absolute atomic E-state index is 0.0612. The number of benzene rings is 3. The number of allylic oxidation sites excluding steroid dienone is 2. The van der Waals surface area contributed by atoms with Crippen molar-refractivity contribution in [3.8, 4) is 11.1 Å². The molecule has 3 fully saturated rings. The second-order valence-electron chi connectivity index (χ2n) is 20.7. The zero-order valence-electron chi connectivity index (χ0n) is 38.9. The summed E-state index contributed by atoms with van der Waals surface area (Å²) in [5.74, 6) is 1.94. The predicted octanol–water partition coefficient (Wildman–Crippen LogP) is 12.0. The number of carbonyl (C=O) groups is 2. The van der Waals surface area contributed by atoms with E-state index in [1.165, 1.54) is 59.1 Å². The van der Waals surface area contributed by atoms with Gasteiger partial charge in [0.05, 0.1) is 12.2 Å². The maximum atomic E-state index is 13.7. The monoisotopic (exact) mass is 834 g/mol. The van der Waals surface area contributed by atoms with E-state index in [1.807, 2.05) is 19.1 Å². The Balaban J connectivity index is 0.000000561. The lowest BCUT2D eigenvalue weighted by Crippen LogP contribution is -2.65. The fourth-order valence-corrected chi connectivity index (χ4v) is 13.3. The predicted molar refractivity (Wildman–Crippen MR) is 247 cm³/mol. The van der Waals surface area contributed by atoms with E-state index in [9.17, 15) is 9.59 Å². The van der Waals surface area contributed by atoms with Crippen LogP contribution in [0.25, 0.3) is 16.7 Å². The Hall–Kier alpha value is -3.78. The average molecular weight is 834 g/mol. The second-order valence-corrected chi connectivity index (χ2v) is 20.7. The third kappa shape index (κ3) is 8.53. The topological polar surface area (TPSA) is 105 Å². The summed E-state index contributed by atoms with van der Waals surface area (Å²) in [6, 6.07) is 25.3. The highest BCUT2D eigenvalue weighted by molar-refractivity contribution is 5.79. The number of aldehydes is 1. The Morgan fingerprint density at radius 2 is 1.44 bits per heavy atom. The minimum Gasteiger partial charge on any atom is -0.449 e. The van der Waals surface area contributed by atoms with Crippen LogP contribution in [0.1, 0.15) is 153 Å². The van der Waals surface area contributed by atoms with Crippen LogP contribution < -0.4 is 5.32 Å². The molecule has 8 atom stereocenters. The van der Waals surface area contributed by atoms with Crippen molar-refractivity contribution in [2.24, 2.45) is 39.4 Å². The van der Waals surface area contributed by atoms with Gasteiger partial charge >= 0.3 is 6.09 Å². The fourth-order valence-electron chi connectivity index (χ4n) is 13.3. The van der Waals surface area contributed by atoms with Crippen LogP contribution in [0.4, 0.5) is 4.79 Å².